The lowest BCUT2D eigenvalue weighted by atomic mass is 10.1. The molecule has 6 heteroatoms. The molecule has 2 aromatic rings. The van der Waals surface area contributed by atoms with Crippen LogP contribution in [0.25, 0.3) is 15.5 Å². The molecule has 2 aromatic carbocycles. The van der Waals surface area contributed by atoms with Crippen LogP contribution in [0.15, 0.2) is 42.5 Å². The number of diazo groups is 1. The zero-order valence-electron chi connectivity index (χ0n) is 8.15. The van der Waals surface area contributed by atoms with E-state index in [9.17, 15) is 4.57 Å². The molecule has 16 heavy (non-hydrogen) atoms. The number of benzene rings is 2. The monoisotopic (exact) mass is 235 g/mol. The second kappa shape index (κ2) is 3.93. The summed E-state index contributed by atoms with van der Waals surface area (Å²) < 4.78 is 18.2. The Bertz CT molecular complexity index is 615. The molecule has 0 bridgehead atoms. The first-order chi connectivity index (χ1) is 7.62. The van der Waals surface area contributed by atoms with Crippen LogP contribution in [0.4, 0.5) is 0 Å². The summed E-state index contributed by atoms with van der Waals surface area (Å²) in [5.41, 5.74) is 0. The molecule has 0 saturated carbocycles. The number of nitrogens with zero attached hydrogens (tertiary/aromatic N) is 2. The molecular weight excluding hydrogens is 227 g/mol. The highest BCUT2D eigenvalue weighted by molar-refractivity contribution is 7.55. The topological polar surface area (TPSA) is 74.7 Å². The lowest BCUT2D eigenvalue weighted by Crippen LogP contribution is -1.88. The normalized spacial score (nSPS) is 14.0. The summed E-state index contributed by atoms with van der Waals surface area (Å²) in [6.07, 6.45) is 0. The Morgan fingerprint density at radius 1 is 1.19 bits per heavy atom. The van der Waals surface area contributed by atoms with Crippen molar-refractivity contribution in [1.29, 1.82) is 5.39 Å². The fourth-order valence-electron chi connectivity index (χ4n) is 1.42. The van der Waals surface area contributed by atoms with Crippen molar-refractivity contribution in [2.75, 3.05) is 0 Å². The van der Waals surface area contributed by atoms with Crippen LogP contribution in [0.1, 0.15) is 0 Å². The largest absolute Gasteiger partial charge is 0.831 e. The van der Waals surface area contributed by atoms with Gasteiger partial charge in [-0.3, -0.25) is 0 Å². The molecule has 0 heterocycles. The molecule has 0 spiro atoms. The van der Waals surface area contributed by atoms with Crippen LogP contribution in [0.5, 0.6) is 5.75 Å². The Morgan fingerprint density at radius 2 is 1.88 bits per heavy atom. The molecule has 5 nitrogen and oxygen atoms in total. The van der Waals surface area contributed by atoms with Gasteiger partial charge in [-0.25, -0.2) is 4.89 Å². The first-order valence-corrected chi connectivity index (χ1v) is 6.02. The van der Waals surface area contributed by atoms with Crippen molar-refractivity contribution in [2.45, 2.75) is 0 Å². The van der Waals surface area contributed by atoms with Gasteiger partial charge in [-0.15, -0.1) is 0 Å². The molecule has 0 fully saturated rings. The zero-order chi connectivity index (χ0) is 11.6. The Hall–Kier alpha value is -1.89. The average molecular weight is 235 g/mol. The maximum Gasteiger partial charge on any atom is 0.831 e. The van der Waals surface area contributed by atoms with Crippen molar-refractivity contribution in [2.24, 2.45) is 0 Å². The minimum absolute atomic E-state index is 0.210. The van der Waals surface area contributed by atoms with Crippen LogP contribution in [0, 0.1) is 5.39 Å². The SMILES string of the molecule is N#[N+]P(=O)(O)Oc1cccc2ccccc12. The van der Waals surface area contributed by atoms with Gasteiger partial charge in [-0.2, -0.15) is 4.57 Å². The van der Waals surface area contributed by atoms with Gasteiger partial charge in [-0.05, 0) is 11.5 Å². The van der Waals surface area contributed by atoms with Gasteiger partial charge in [0, 0.05) is 5.39 Å². The summed E-state index contributed by atoms with van der Waals surface area (Å²) in [5.74, 6) is 0.210. The van der Waals surface area contributed by atoms with E-state index >= 15 is 0 Å². The van der Waals surface area contributed by atoms with Crippen molar-refractivity contribution in [3.05, 3.63) is 47.2 Å². The smallest absolute Gasteiger partial charge is 0.360 e. The third-order valence-corrected chi connectivity index (χ3v) is 2.74. The predicted octanol–water partition coefficient (Wildman–Crippen LogP) is 3.17. The van der Waals surface area contributed by atoms with Crippen molar-refractivity contribution in [3.63, 3.8) is 0 Å². The molecule has 0 aromatic heterocycles. The van der Waals surface area contributed by atoms with E-state index in [0.717, 1.165) is 5.39 Å². The van der Waals surface area contributed by atoms with Crippen molar-refractivity contribution in [1.82, 2.24) is 0 Å². The van der Waals surface area contributed by atoms with Crippen molar-refractivity contribution < 1.29 is 14.0 Å². The standard InChI is InChI=1S/C10H7N2O3P/c11-12-16(13,14)15-10-7-3-5-8-4-1-2-6-9(8)10/h1-7H/p+1. The highest BCUT2D eigenvalue weighted by atomic mass is 31.2. The first-order valence-electron chi connectivity index (χ1n) is 4.49. The molecule has 0 radical (unpaired) electrons. The third kappa shape index (κ3) is 2.03. The lowest BCUT2D eigenvalue weighted by molar-refractivity contribution is 0.392. The molecule has 80 valence electrons. The van der Waals surface area contributed by atoms with Gasteiger partial charge in [0.05, 0.1) is 0 Å². The summed E-state index contributed by atoms with van der Waals surface area (Å²) in [7, 11) is -4.32. The maximum absolute atomic E-state index is 11.1. The Balaban J connectivity index is 2.54. The first kappa shape index (κ1) is 10.6. The average Bonchev–Trinajstić information content (AvgIpc) is 2.29. The maximum atomic E-state index is 11.1. The molecule has 2 rings (SSSR count). The summed E-state index contributed by atoms with van der Waals surface area (Å²) in [6.45, 7) is 0. The van der Waals surface area contributed by atoms with Gasteiger partial charge in [0.2, 0.25) is 10.1 Å². The van der Waals surface area contributed by atoms with E-state index in [4.69, 9.17) is 14.8 Å². The van der Waals surface area contributed by atoms with Crippen LogP contribution < -0.4 is 4.52 Å². The van der Waals surface area contributed by atoms with Crippen LogP contribution in [0.3, 0.4) is 0 Å². The Kier molecular flexibility index (Phi) is 2.61. The van der Waals surface area contributed by atoms with Gasteiger partial charge in [-0.1, -0.05) is 36.4 Å². The molecular formula is C10H8N2O3P+. The number of rotatable bonds is 2. The predicted molar refractivity (Wildman–Crippen MR) is 59.5 cm³/mol. The number of hydrogen-bond donors (Lipinski definition) is 1. The van der Waals surface area contributed by atoms with Crippen LogP contribution >= 0.6 is 7.75 Å². The molecule has 0 aliphatic rings. The molecule has 0 amide bonds. The van der Waals surface area contributed by atoms with Crippen LogP contribution in [0.2, 0.25) is 0 Å². The molecule has 1 atom stereocenters. The van der Waals surface area contributed by atoms with E-state index in [1.807, 2.05) is 18.2 Å². The second-order valence-electron chi connectivity index (χ2n) is 3.15. The van der Waals surface area contributed by atoms with Crippen molar-refractivity contribution in [3.8, 4) is 5.75 Å². The summed E-state index contributed by atoms with van der Waals surface area (Å²) in [6, 6.07) is 12.3. The van der Waals surface area contributed by atoms with Crippen molar-refractivity contribution >= 4 is 18.5 Å². The van der Waals surface area contributed by atoms with E-state index in [1.165, 1.54) is 6.07 Å². The van der Waals surface area contributed by atoms with Crippen LogP contribution in [-0.4, -0.2) is 4.89 Å². The van der Waals surface area contributed by atoms with Gasteiger partial charge in [0.25, 0.3) is 0 Å². The minimum Gasteiger partial charge on any atom is -0.360 e. The molecule has 0 aliphatic heterocycles. The quantitative estimate of drug-likeness (QED) is 0.640. The highest BCUT2D eigenvalue weighted by Crippen LogP contribution is 2.45. The molecule has 1 N–H and O–H groups in total. The minimum atomic E-state index is -4.32. The van der Waals surface area contributed by atoms with Gasteiger partial charge >= 0.3 is 7.75 Å². The lowest BCUT2D eigenvalue weighted by Gasteiger charge is -2.03. The number of hydrogen-bond acceptors (Lipinski definition) is 3. The summed E-state index contributed by atoms with van der Waals surface area (Å²) in [4.78, 5) is 9.05. The van der Waals surface area contributed by atoms with E-state index in [2.05, 4.69) is 4.75 Å². The third-order valence-electron chi connectivity index (χ3n) is 2.08. The highest BCUT2D eigenvalue weighted by Gasteiger charge is 2.39. The van der Waals surface area contributed by atoms with E-state index in [1.54, 1.807) is 18.2 Å². The second-order valence-corrected chi connectivity index (χ2v) is 4.49. The fraction of sp³-hybridized carbons (Fsp3) is 0. The zero-order valence-corrected chi connectivity index (χ0v) is 9.04. The molecule has 0 aliphatic carbocycles. The van der Waals surface area contributed by atoms with E-state index in [-0.39, 0.29) is 5.75 Å². The van der Waals surface area contributed by atoms with Crippen LogP contribution in [-0.2, 0) is 4.57 Å². The number of fused-ring (bicyclic) bond motifs is 1. The Morgan fingerprint density at radius 3 is 2.62 bits per heavy atom. The van der Waals surface area contributed by atoms with Gasteiger partial charge in [0.15, 0.2) is 0 Å². The van der Waals surface area contributed by atoms with Gasteiger partial charge < -0.3 is 4.52 Å². The van der Waals surface area contributed by atoms with E-state index in [0.29, 0.717) is 5.39 Å². The van der Waals surface area contributed by atoms with Gasteiger partial charge in [0.1, 0.15) is 5.75 Å². The van der Waals surface area contributed by atoms with E-state index < -0.39 is 7.75 Å². The molecule has 0 saturated heterocycles. The fourth-order valence-corrected chi connectivity index (χ4v) is 1.87. The Labute approximate surface area is 91.5 Å². The molecule has 1 unspecified atom stereocenters. The summed E-state index contributed by atoms with van der Waals surface area (Å²) in [5, 5.41) is 9.87. The summed E-state index contributed by atoms with van der Waals surface area (Å²) >= 11 is 0.